The molecule has 7 heteroatoms. The Morgan fingerprint density at radius 1 is 1.06 bits per heavy atom. The molecule has 1 N–H and O–H groups in total. The number of fused-ring (bicyclic) bond motifs is 1. The summed E-state index contributed by atoms with van der Waals surface area (Å²) in [7, 11) is 3.23. The quantitative estimate of drug-likeness (QED) is 0.640. The van der Waals surface area contributed by atoms with Crippen molar-refractivity contribution in [2.75, 3.05) is 27.3 Å². The Hall–Kier alpha value is -3.32. The van der Waals surface area contributed by atoms with Crippen LogP contribution in [0, 0.1) is 0 Å². The summed E-state index contributed by atoms with van der Waals surface area (Å²) in [6.45, 7) is 0.503. The predicted molar refractivity (Wildman–Crippen MR) is 120 cm³/mol. The maximum atomic E-state index is 13.2. The van der Waals surface area contributed by atoms with Crippen molar-refractivity contribution in [3.63, 3.8) is 0 Å². The number of methoxy groups -OCH3 is 2. The lowest BCUT2D eigenvalue weighted by Crippen LogP contribution is -2.45. The highest BCUT2D eigenvalue weighted by Crippen LogP contribution is 2.42. The molecule has 0 saturated carbocycles. The molecule has 0 fully saturated rings. The van der Waals surface area contributed by atoms with E-state index in [1.165, 1.54) is 0 Å². The van der Waals surface area contributed by atoms with E-state index in [0.717, 1.165) is 16.0 Å². The molecule has 1 aliphatic heterocycles. The van der Waals surface area contributed by atoms with Crippen LogP contribution in [-0.2, 0) is 11.2 Å². The van der Waals surface area contributed by atoms with Gasteiger partial charge in [-0.3, -0.25) is 9.59 Å². The number of nitrogens with zero attached hydrogens (tertiary/aromatic N) is 1. The minimum atomic E-state index is -0.259. The van der Waals surface area contributed by atoms with Crippen molar-refractivity contribution in [2.45, 2.75) is 12.5 Å². The zero-order chi connectivity index (χ0) is 21.8. The Labute approximate surface area is 185 Å². The molecule has 4 rings (SSSR count). The van der Waals surface area contributed by atoms with Gasteiger partial charge in [0.2, 0.25) is 5.91 Å². The van der Waals surface area contributed by atoms with Crippen LogP contribution in [0.5, 0.6) is 11.5 Å². The Morgan fingerprint density at radius 3 is 2.48 bits per heavy atom. The van der Waals surface area contributed by atoms with Gasteiger partial charge in [-0.15, -0.1) is 11.3 Å². The third-order valence-corrected chi connectivity index (χ3v) is 6.37. The summed E-state index contributed by atoms with van der Waals surface area (Å²) in [5, 5.41) is 4.76. The van der Waals surface area contributed by atoms with E-state index in [1.807, 2.05) is 40.6 Å². The van der Waals surface area contributed by atoms with E-state index in [9.17, 15) is 9.59 Å². The number of carbonyl (C=O) groups is 2. The molecule has 6 nitrogen and oxygen atoms in total. The monoisotopic (exact) mass is 436 g/mol. The van der Waals surface area contributed by atoms with E-state index in [4.69, 9.17) is 9.47 Å². The first-order valence-corrected chi connectivity index (χ1v) is 10.9. The minimum absolute atomic E-state index is 0.0573. The van der Waals surface area contributed by atoms with Crippen LogP contribution in [0.3, 0.4) is 0 Å². The van der Waals surface area contributed by atoms with Crippen LogP contribution in [0.4, 0.5) is 0 Å². The van der Waals surface area contributed by atoms with E-state index in [2.05, 4.69) is 5.32 Å². The summed E-state index contributed by atoms with van der Waals surface area (Å²) in [5.74, 6) is 0.934. The van der Waals surface area contributed by atoms with E-state index in [1.54, 1.807) is 49.8 Å². The van der Waals surface area contributed by atoms with Gasteiger partial charge in [-0.05, 0) is 53.3 Å². The molecule has 3 aromatic rings. The highest BCUT2D eigenvalue weighted by molar-refractivity contribution is 7.10. The fourth-order valence-corrected chi connectivity index (χ4v) is 4.77. The van der Waals surface area contributed by atoms with Crippen molar-refractivity contribution in [2.24, 2.45) is 0 Å². The standard InChI is InChI=1S/C24H24N2O4S/c1-29-19-13-17-10-11-26(22(27)15-25-24(28)16-7-4-3-5-8-16)23(21-9-6-12-31-21)18(17)14-20(19)30-2/h3-9,12-14,23H,10-11,15H2,1-2H3,(H,25,28)/t23-/m0/s1. The molecule has 1 atom stereocenters. The maximum absolute atomic E-state index is 13.2. The van der Waals surface area contributed by atoms with Gasteiger partial charge in [-0.2, -0.15) is 0 Å². The second-order valence-electron chi connectivity index (χ2n) is 7.21. The summed E-state index contributed by atoms with van der Waals surface area (Å²) < 4.78 is 11.0. The van der Waals surface area contributed by atoms with Crippen molar-refractivity contribution < 1.29 is 19.1 Å². The van der Waals surface area contributed by atoms with E-state index >= 15 is 0 Å². The maximum Gasteiger partial charge on any atom is 0.251 e. The number of hydrogen-bond donors (Lipinski definition) is 1. The average molecular weight is 437 g/mol. The largest absolute Gasteiger partial charge is 0.493 e. The van der Waals surface area contributed by atoms with Gasteiger partial charge < -0.3 is 19.7 Å². The van der Waals surface area contributed by atoms with Gasteiger partial charge in [0.15, 0.2) is 11.5 Å². The smallest absolute Gasteiger partial charge is 0.251 e. The Bertz CT molecular complexity index is 1070. The van der Waals surface area contributed by atoms with Gasteiger partial charge in [0.05, 0.1) is 26.8 Å². The number of rotatable bonds is 6. The fraction of sp³-hybridized carbons (Fsp3) is 0.250. The number of benzene rings is 2. The third kappa shape index (κ3) is 4.27. The van der Waals surface area contributed by atoms with Gasteiger partial charge in [0, 0.05) is 17.0 Å². The van der Waals surface area contributed by atoms with Crippen molar-refractivity contribution >= 4 is 23.2 Å². The zero-order valence-corrected chi connectivity index (χ0v) is 18.3. The van der Waals surface area contributed by atoms with Crippen molar-refractivity contribution in [1.82, 2.24) is 10.2 Å². The molecule has 2 amide bonds. The number of thiophene rings is 1. The van der Waals surface area contributed by atoms with Crippen LogP contribution >= 0.6 is 11.3 Å². The average Bonchev–Trinajstić information content (AvgIpc) is 3.35. The molecule has 31 heavy (non-hydrogen) atoms. The lowest BCUT2D eigenvalue weighted by molar-refractivity contribution is -0.132. The summed E-state index contributed by atoms with van der Waals surface area (Å²) in [4.78, 5) is 28.5. The highest BCUT2D eigenvalue weighted by Gasteiger charge is 2.34. The summed E-state index contributed by atoms with van der Waals surface area (Å²) in [6, 6.07) is 16.6. The predicted octanol–water partition coefficient (Wildman–Crippen LogP) is 3.67. The lowest BCUT2D eigenvalue weighted by Gasteiger charge is -2.37. The normalized spacial score (nSPS) is 15.2. The number of nitrogens with one attached hydrogen (secondary N) is 1. The van der Waals surface area contributed by atoms with E-state index in [-0.39, 0.29) is 24.4 Å². The van der Waals surface area contributed by atoms with Crippen LogP contribution in [0.1, 0.15) is 32.4 Å². The molecule has 2 heterocycles. The summed E-state index contributed by atoms with van der Waals surface area (Å²) in [6.07, 6.45) is 0.704. The zero-order valence-electron chi connectivity index (χ0n) is 17.5. The van der Waals surface area contributed by atoms with Gasteiger partial charge >= 0.3 is 0 Å². The van der Waals surface area contributed by atoms with Gasteiger partial charge in [0.25, 0.3) is 5.91 Å². The van der Waals surface area contributed by atoms with E-state index < -0.39 is 0 Å². The molecule has 1 aromatic heterocycles. The highest BCUT2D eigenvalue weighted by atomic mass is 32.1. The van der Waals surface area contributed by atoms with Gasteiger partial charge in [-0.1, -0.05) is 24.3 Å². The number of ether oxygens (including phenoxy) is 2. The first-order valence-electron chi connectivity index (χ1n) is 10.0. The molecule has 1 aliphatic rings. The van der Waals surface area contributed by atoms with Crippen molar-refractivity contribution in [3.05, 3.63) is 81.5 Å². The van der Waals surface area contributed by atoms with E-state index in [0.29, 0.717) is 30.0 Å². The van der Waals surface area contributed by atoms with Crippen LogP contribution in [0.15, 0.2) is 60.0 Å². The molecule has 2 aromatic carbocycles. The first-order chi connectivity index (χ1) is 15.1. The molecule has 160 valence electrons. The lowest BCUT2D eigenvalue weighted by atomic mass is 9.90. The molecule has 0 saturated heterocycles. The van der Waals surface area contributed by atoms with Crippen LogP contribution in [0.25, 0.3) is 0 Å². The fourth-order valence-electron chi connectivity index (χ4n) is 3.92. The van der Waals surface area contributed by atoms with Crippen molar-refractivity contribution in [1.29, 1.82) is 0 Å². The molecule has 0 aliphatic carbocycles. The molecule has 0 unspecified atom stereocenters. The number of amides is 2. The number of hydrogen-bond acceptors (Lipinski definition) is 5. The Morgan fingerprint density at radius 2 is 1.81 bits per heavy atom. The van der Waals surface area contributed by atoms with Gasteiger partial charge in [-0.25, -0.2) is 0 Å². The first kappa shape index (κ1) is 20.9. The molecule has 0 spiro atoms. The molecule has 0 bridgehead atoms. The topological polar surface area (TPSA) is 67.9 Å². The second kappa shape index (κ2) is 9.22. The Balaban J connectivity index is 1.60. The van der Waals surface area contributed by atoms with Crippen LogP contribution in [0.2, 0.25) is 0 Å². The summed E-state index contributed by atoms with van der Waals surface area (Å²) in [5.41, 5.74) is 2.69. The molecular formula is C24H24N2O4S. The second-order valence-corrected chi connectivity index (χ2v) is 8.19. The van der Waals surface area contributed by atoms with Crippen LogP contribution < -0.4 is 14.8 Å². The number of carbonyl (C=O) groups excluding carboxylic acids is 2. The molecule has 0 radical (unpaired) electrons. The summed E-state index contributed by atoms with van der Waals surface area (Å²) >= 11 is 1.61. The third-order valence-electron chi connectivity index (χ3n) is 5.44. The Kier molecular flexibility index (Phi) is 6.23. The SMILES string of the molecule is COc1cc2c(cc1OC)[C@@H](c1cccs1)N(C(=O)CNC(=O)c1ccccc1)CC2. The minimum Gasteiger partial charge on any atom is -0.493 e. The van der Waals surface area contributed by atoms with Crippen molar-refractivity contribution in [3.8, 4) is 11.5 Å². The van der Waals surface area contributed by atoms with Crippen LogP contribution in [-0.4, -0.2) is 44.0 Å². The van der Waals surface area contributed by atoms with Gasteiger partial charge in [0.1, 0.15) is 0 Å². The molecular weight excluding hydrogens is 412 g/mol.